The maximum Gasteiger partial charge on any atom is 0.387 e. The molecule has 0 heterocycles. The molecular weight excluding hydrogens is 251 g/mol. The summed E-state index contributed by atoms with van der Waals surface area (Å²) in [6.45, 7) is -1.81. The number of esters is 1. The maximum absolute atomic E-state index is 13.5. The third kappa shape index (κ3) is 3.13. The Balaban J connectivity index is 3.29. The van der Waals surface area contributed by atoms with Gasteiger partial charge in [-0.15, -0.1) is 0 Å². The topological polar surface area (TPSA) is 59.3 Å². The Hall–Kier alpha value is -2.23. The molecule has 1 aromatic carbocycles. The molecule has 0 spiro atoms. The summed E-state index contributed by atoms with van der Waals surface area (Å²) >= 11 is 0. The monoisotopic (exact) mass is 259 g/mol. The quantitative estimate of drug-likeness (QED) is 0.779. The molecule has 0 aromatic heterocycles. The van der Waals surface area contributed by atoms with Crippen molar-refractivity contribution in [2.24, 2.45) is 0 Å². The number of ether oxygens (including phenoxy) is 2. The molecule has 0 amide bonds. The molecule has 1 aromatic rings. The minimum atomic E-state index is -3.24. The molecular formula is C11H8F3NO3. The number of alkyl halides is 2. The van der Waals surface area contributed by atoms with Gasteiger partial charge in [0.2, 0.25) is 0 Å². The summed E-state index contributed by atoms with van der Waals surface area (Å²) in [5, 5.41) is 8.58. The molecule has 0 saturated carbocycles. The summed E-state index contributed by atoms with van der Waals surface area (Å²) < 4.78 is 46.3. The van der Waals surface area contributed by atoms with Crippen LogP contribution in [0.2, 0.25) is 0 Å². The zero-order valence-electron chi connectivity index (χ0n) is 9.25. The maximum atomic E-state index is 13.5. The molecule has 0 unspecified atom stereocenters. The molecule has 96 valence electrons. The lowest BCUT2D eigenvalue weighted by molar-refractivity contribution is -0.0506. The third-order valence-corrected chi connectivity index (χ3v) is 1.88. The Bertz CT molecular complexity index is 497. The molecule has 0 atom stereocenters. The van der Waals surface area contributed by atoms with E-state index in [0.29, 0.717) is 0 Å². The van der Waals surface area contributed by atoms with Crippen molar-refractivity contribution in [3.05, 3.63) is 29.1 Å². The highest BCUT2D eigenvalue weighted by molar-refractivity contribution is 5.93. The van der Waals surface area contributed by atoms with Crippen LogP contribution >= 0.6 is 0 Å². The van der Waals surface area contributed by atoms with E-state index in [2.05, 4.69) is 9.47 Å². The van der Waals surface area contributed by atoms with Crippen LogP contribution in [0.5, 0.6) is 5.75 Å². The van der Waals surface area contributed by atoms with E-state index in [9.17, 15) is 18.0 Å². The fourth-order valence-corrected chi connectivity index (χ4v) is 1.24. The highest BCUT2D eigenvalue weighted by atomic mass is 19.3. The van der Waals surface area contributed by atoms with E-state index in [0.717, 1.165) is 12.1 Å². The molecule has 0 radical (unpaired) electrons. The Labute approximate surface area is 101 Å². The van der Waals surface area contributed by atoms with Gasteiger partial charge in [0.05, 0.1) is 18.2 Å². The van der Waals surface area contributed by atoms with Gasteiger partial charge < -0.3 is 9.47 Å². The first-order chi connectivity index (χ1) is 8.49. The van der Waals surface area contributed by atoms with Crippen LogP contribution in [0.1, 0.15) is 22.8 Å². The minimum absolute atomic E-state index is 0.0492. The van der Waals surface area contributed by atoms with E-state index in [1.807, 2.05) is 0 Å². The molecule has 0 aliphatic rings. The molecule has 0 saturated heterocycles. The van der Waals surface area contributed by atoms with Gasteiger partial charge in [-0.3, -0.25) is 0 Å². The summed E-state index contributed by atoms with van der Waals surface area (Å²) in [6.07, 6.45) is 0. The van der Waals surface area contributed by atoms with Crippen LogP contribution in [0.25, 0.3) is 0 Å². The average Bonchev–Trinajstić information content (AvgIpc) is 2.27. The number of halogens is 3. The Morgan fingerprint density at radius 2 is 2.17 bits per heavy atom. The molecule has 0 fully saturated rings. The molecule has 1 rings (SSSR count). The van der Waals surface area contributed by atoms with Gasteiger partial charge in [0.25, 0.3) is 0 Å². The number of hydrogen-bond acceptors (Lipinski definition) is 4. The van der Waals surface area contributed by atoms with Crippen molar-refractivity contribution in [3.8, 4) is 11.8 Å². The second-order valence-corrected chi connectivity index (χ2v) is 3.04. The fraction of sp³-hybridized carbons (Fsp3) is 0.273. The first-order valence-corrected chi connectivity index (χ1v) is 4.85. The SMILES string of the molecule is CCOC(=O)c1c(F)cc(C#N)cc1OC(F)F. The van der Waals surface area contributed by atoms with Gasteiger partial charge in [0.15, 0.2) is 0 Å². The molecule has 18 heavy (non-hydrogen) atoms. The van der Waals surface area contributed by atoms with E-state index >= 15 is 0 Å². The second-order valence-electron chi connectivity index (χ2n) is 3.04. The molecule has 0 N–H and O–H groups in total. The van der Waals surface area contributed by atoms with Crippen LogP contribution in [0.15, 0.2) is 12.1 Å². The van der Waals surface area contributed by atoms with Crippen LogP contribution < -0.4 is 4.74 Å². The Morgan fingerprint density at radius 3 is 2.67 bits per heavy atom. The Morgan fingerprint density at radius 1 is 1.50 bits per heavy atom. The van der Waals surface area contributed by atoms with Gasteiger partial charge in [-0.05, 0) is 19.1 Å². The van der Waals surface area contributed by atoms with E-state index in [1.54, 1.807) is 6.07 Å². The minimum Gasteiger partial charge on any atom is -0.462 e. The molecule has 4 nitrogen and oxygen atoms in total. The summed E-state index contributed by atoms with van der Waals surface area (Å²) in [5.74, 6) is -3.00. The molecule has 0 bridgehead atoms. The standard InChI is InChI=1S/C11H8F3NO3/c1-2-17-10(16)9-7(12)3-6(5-15)4-8(9)18-11(13)14/h3-4,11H,2H2,1H3. The first-order valence-electron chi connectivity index (χ1n) is 4.85. The van der Waals surface area contributed by atoms with Gasteiger partial charge in [-0.25, -0.2) is 9.18 Å². The van der Waals surface area contributed by atoms with Crippen LogP contribution in [0, 0.1) is 17.1 Å². The number of carbonyl (C=O) groups is 1. The lowest BCUT2D eigenvalue weighted by Crippen LogP contribution is -2.13. The summed E-state index contributed by atoms with van der Waals surface area (Å²) in [7, 11) is 0. The van der Waals surface area contributed by atoms with Crippen LogP contribution in [-0.4, -0.2) is 19.2 Å². The van der Waals surface area contributed by atoms with Gasteiger partial charge in [-0.2, -0.15) is 14.0 Å². The van der Waals surface area contributed by atoms with Gasteiger partial charge >= 0.3 is 12.6 Å². The number of carbonyl (C=O) groups excluding carboxylic acids is 1. The summed E-state index contributed by atoms with van der Waals surface area (Å²) in [4.78, 5) is 11.4. The van der Waals surface area contributed by atoms with Crippen molar-refractivity contribution >= 4 is 5.97 Å². The second kappa shape index (κ2) is 5.91. The van der Waals surface area contributed by atoms with E-state index in [1.165, 1.54) is 6.92 Å². The van der Waals surface area contributed by atoms with Crippen LogP contribution in [0.4, 0.5) is 13.2 Å². The van der Waals surface area contributed by atoms with Crippen molar-refractivity contribution in [3.63, 3.8) is 0 Å². The predicted octanol–water partition coefficient (Wildman–Crippen LogP) is 2.48. The molecule has 7 heteroatoms. The van der Waals surface area contributed by atoms with Crippen LogP contribution in [0.3, 0.4) is 0 Å². The third-order valence-electron chi connectivity index (χ3n) is 1.88. The fourth-order valence-electron chi connectivity index (χ4n) is 1.24. The van der Waals surface area contributed by atoms with Gasteiger partial charge in [0, 0.05) is 0 Å². The number of benzene rings is 1. The number of nitrogens with zero attached hydrogens (tertiary/aromatic N) is 1. The smallest absolute Gasteiger partial charge is 0.387 e. The average molecular weight is 259 g/mol. The van der Waals surface area contributed by atoms with Crippen molar-refractivity contribution in [2.75, 3.05) is 6.61 Å². The van der Waals surface area contributed by atoms with Crippen molar-refractivity contribution in [1.82, 2.24) is 0 Å². The lowest BCUT2D eigenvalue weighted by Gasteiger charge is -2.11. The van der Waals surface area contributed by atoms with Crippen molar-refractivity contribution in [1.29, 1.82) is 5.26 Å². The van der Waals surface area contributed by atoms with Gasteiger partial charge in [-0.1, -0.05) is 0 Å². The number of hydrogen-bond donors (Lipinski definition) is 0. The highest BCUT2D eigenvalue weighted by Crippen LogP contribution is 2.26. The summed E-state index contributed by atoms with van der Waals surface area (Å²) in [5.41, 5.74) is -0.993. The van der Waals surface area contributed by atoms with E-state index in [-0.39, 0.29) is 12.2 Å². The first kappa shape index (κ1) is 13.8. The number of nitriles is 1. The predicted molar refractivity (Wildman–Crippen MR) is 53.7 cm³/mol. The zero-order chi connectivity index (χ0) is 13.7. The zero-order valence-corrected chi connectivity index (χ0v) is 9.25. The summed E-state index contributed by atoms with van der Waals surface area (Å²) in [6, 6.07) is 3.15. The molecule has 0 aliphatic carbocycles. The Kier molecular flexibility index (Phi) is 4.54. The largest absolute Gasteiger partial charge is 0.462 e. The number of rotatable bonds is 4. The van der Waals surface area contributed by atoms with Gasteiger partial charge in [0.1, 0.15) is 17.1 Å². The van der Waals surface area contributed by atoms with Crippen LogP contribution in [-0.2, 0) is 4.74 Å². The van der Waals surface area contributed by atoms with Crippen molar-refractivity contribution < 1.29 is 27.4 Å². The van der Waals surface area contributed by atoms with Crippen molar-refractivity contribution in [2.45, 2.75) is 13.5 Å². The van der Waals surface area contributed by atoms with E-state index in [4.69, 9.17) is 5.26 Å². The lowest BCUT2D eigenvalue weighted by atomic mass is 10.1. The highest BCUT2D eigenvalue weighted by Gasteiger charge is 2.22. The molecule has 0 aliphatic heterocycles. The van der Waals surface area contributed by atoms with E-state index < -0.39 is 29.7 Å². The normalized spacial score (nSPS) is 10.0.